The van der Waals surface area contributed by atoms with Crippen LogP contribution in [0.4, 0.5) is 17.6 Å². The number of rotatable bonds is 27. The second kappa shape index (κ2) is 47.8. The van der Waals surface area contributed by atoms with Crippen molar-refractivity contribution in [1.29, 1.82) is 0 Å². The van der Waals surface area contributed by atoms with Crippen LogP contribution in [0.5, 0.6) is 46.0 Å². The normalized spacial score (nSPS) is 18.6. The Hall–Kier alpha value is -9.73. The number of methoxy groups -OCH3 is 1. The number of benzene rings is 9. The topological polar surface area (TPSA) is 261 Å². The van der Waals surface area contributed by atoms with Gasteiger partial charge in [0.15, 0.2) is 49.3 Å². The van der Waals surface area contributed by atoms with Gasteiger partial charge in [0.1, 0.15) is 49.1 Å². The van der Waals surface area contributed by atoms with E-state index in [1.165, 1.54) is 37.9 Å². The predicted octanol–water partition coefficient (Wildman–Crippen LogP) is 27.1. The molecule has 4 bridgehead atoms. The van der Waals surface area contributed by atoms with Crippen LogP contribution < -0.4 is 28.4 Å². The molecule has 4 aliphatic carbocycles. The summed E-state index contributed by atoms with van der Waals surface area (Å²) in [5, 5.41) is 32.5. The molecule has 9 aromatic rings. The number of ether oxygens (including phenoxy) is 10. The summed E-state index contributed by atoms with van der Waals surface area (Å²) < 4.78 is 143. The molecule has 0 amide bonds. The maximum absolute atomic E-state index is 13.9. The molecule has 4 saturated carbocycles. The first-order valence-corrected chi connectivity index (χ1v) is 49.2. The van der Waals surface area contributed by atoms with Gasteiger partial charge in [-0.05, 0) is 280 Å². The minimum atomic E-state index is -5.75. The number of aliphatic hydroxyl groups is 2. The standard InChI is InChI=1S/C19H32O3.C18H15S.C16H14F4O4S.C16H26O4.C16H18O3.C14H20O3.C10H20O2/c1-9-14(4)15-10-11-16(22-19(5,6)7)17(12-15)21-18(20-8)13(2)3;1-4-10-16(11-5-1)19(17-12-6-2-7-13-17)18-14-8-3-9-15-18;1-3-8(2)9-4-6-10(7-5-9)24-15-11(17)13(19)16(25(21,22)23)14(20)12(15)18;1-4-13(2,3)12(17)20-16-7-11-5-14(18,9-16)8-15(19,6-11)10-16;1-4-16(2,3)15(18)19-14-10-6-7-11-12(14)8-5-9-13(11)17;1-5-10(4)11-6-7-12-13(8-11)17-14(16-12)15-9(2)3;1-7-10(5,6)8(11)12-9(2,3)4/h10-14,18H,9H2,1-8H3;1-15H;4-8H,3H2,1-2H3,(H,21,22,23);11,18-19H,4-10H2,1-3H3;5-10,17H,4H2,1-3H3;6-10,14H,5H2,1-4H3;7H2,1-6H3/q;+1;;;;;/p-1. The summed E-state index contributed by atoms with van der Waals surface area (Å²) >= 11 is 0. The van der Waals surface area contributed by atoms with E-state index in [9.17, 15) is 60.2 Å². The number of hydrogen-bond acceptors (Lipinski definition) is 19. The molecule has 1 aliphatic heterocycles. The molecule has 7 unspecified atom stereocenters. The first kappa shape index (κ1) is 111. The van der Waals surface area contributed by atoms with Gasteiger partial charge in [0.2, 0.25) is 23.7 Å². The Morgan fingerprint density at radius 2 is 0.948 bits per heavy atom. The minimum absolute atomic E-state index is 0.0146. The summed E-state index contributed by atoms with van der Waals surface area (Å²) in [5.74, 6) is -5.52. The number of halogens is 4. The van der Waals surface area contributed by atoms with Gasteiger partial charge in [-0.3, -0.25) is 14.4 Å². The summed E-state index contributed by atoms with van der Waals surface area (Å²) in [6, 6.07) is 60.9. The predicted molar refractivity (Wildman–Crippen MR) is 518 cm³/mol. The van der Waals surface area contributed by atoms with Crippen LogP contribution in [0, 0.1) is 51.3 Å². The van der Waals surface area contributed by atoms with E-state index in [0.29, 0.717) is 48.7 Å². The highest BCUT2D eigenvalue weighted by Gasteiger charge is 2.65. The smallest absolute Gasteiger partial charge is 0.361 e. The minimum Gasteiger partial charge on any atom is -0.744 e. The average molecular weight is 1900 g/mol. The third-order valence-electron chi connectivity index (χ3n) is 24.3. The molecule has 0 spiro atoms. The lowest BCUT2D eigenvalue weighted by atomic mass is 9.50. The van der Waals surface area contributed by atoms with Crippen LogP contribution in [0.1, 0.15) is 285 Å². The van der Waals surface area contributed by atoms with Crippen molar-refractivity contribution in [2.75, 3.05) is 7.11 Å². The zero-order valence-corrected chi connectivity index (χ0v) is 84.8. The van der Waals surface area contributed by atoms with Gasteiger partial charge >= 0.3 is 24.4 Å². The molecule has 9 aromatic carbocycles. The fourth-order valence-electron chi connectivity index (χ4n) is 15.3. The van der Waals surface area contributed by atoms with Gasteiger partial charge < -0.3 is 67.2 Å². The van der Waals surface area contributed by atoms with Crippen molar-refractivity contribution in [3.63, 3.8) is 0 Å². The van der Waals surface area contributed by atoms with Crippen molar-refractivity contribution in [2.24, 2.45) is 28.1 Å². The summed E-state index contributed by atoms with van der Waals surface area (Å²) in [6.07, 6.45) is 8.80. The Bertz CT molecular complexity index is 5270. The lowest BCUT2D eigenvalue weighted by Crippen LogP contribution is -2.67. The Morgan fingerprint density at radius 3 is 1.40 bits per heavy atom. The van der Waals surface area contributed by atoms with Gasteiger partial charge in [-0.1, -0.05) is 179 Å². The summed E-state index contributed by atoms with van der Waals surface area (Å²) in [5.41, 5.74) is -0.888. The lowest BCUT2D eigenvalue weighted by Gasteiger charge is -2.62. The molecule has 3 N–H and O–H groups in total. The second-order valence-electron chi connectivity index (χ2n) is 39.8. The van der Waals surface area contributed by atoms with Gasteiger partial charge in [-0.25, -0.2) is 17.2 Å². The number of carbonyl (C=O) groups excluding carboxylic acids is 3. The third-order valence-corrected chi connectivity index (χ3v) is 27.3. The molecule has 0 radical (unpaired) electrons. The van der Waals surface area contributed by atoms with Gasteiger partial charge in [0.25, 0.3) is 0 Å². The van der Waals surface area contributed by atoms with E-state index in [4.69, 9.17) is 47.4 Å². The molecule has 25 heteroatoms. The van der Waals surface area contributed by atoms with Crippen molar-refractivity contribution in [3.8, 4) is 46.0 Å². The molecular weight excluding hydrogens is 1750 g/mol. The zero-order chi connectivity index (χ0) is 100. The first-order chi connectivity index (χ1) is 62.5. The Kier molecular flexibility index (Phi) is 39.7. The van der Waals surface area contributed by atoms with E-state index in [1.54, 1.807) is 49.6 Å². The van der Waals surface area contributed by atoms with E-state index in [0.717, 1.165) is 85.3 Å². The molecule has 0 aromatic heterocycles. The molecule has 1 heterocycles. The third kappa shape index (κ3) is 31.4. The van der Waals surface area contributed by atoms with Gasteiger partial charge in [0.05, 0.1) is 44.4 Å². The summed E-state index contributed by atoms with van der Waals surface area (Å²) in [4.78, 5) is 37.9. The zero-order valence-electron chi connectivity index (χ0n) is 83.2. The van der Waals surface area contributed by atoms with Crippen LogP contribution >= 0.6 is 0 Å². The van der Waals surface area contributed by atoms with Crippen molar-refractivity contribution in [2.45, 2.75) is 334 Å². The number of phenols is 1. The number of phenolic OH excluding ortho intramolecular Hbond substituents is 1. The van der Waals surface area contributed by atoms with Crippen LogP contribution in [0.3, 0.4) is 0 Å². The number of aromatic hydroxyl groups is 1. The number of carbonyl (C=O) groups is 3. The molecule has 5 aliphatic rings. The summed E-state index contributed by atoms with van der Waals surface area (Å²) in [7, 11) is -4.09. The number of fused-ring (bicyclic) bond motifs is 2. The maximum Gasteiger partial charge on any atom is 0.361 e. The second-order valence-corrected chi connectivity index (χ2v) is 43.1. The van der Waals surface area contributed by atoms with Gasteiger partial charge in [0, 0.05) is 43.1 Å². The van der Waals surface area contributed by atoms with E-state index in [2.05, 4.69) is 151 Å². The molecular formula is C109H144F4O19S2. The highest BCUT2D eigenvalue weighted by molar-refractivity contribution is 7.97. The number of hydrogen-bond donors (Lipinski definition) is 3. The van der Waals surface area contributed by atoms with Crippen LogP contribution in [-0.2, 0) is 54.3 Å². The van der Waals surface area contributed by atoms with Crippen molar-refractivity contribution in [1.82, 2.24) is 0 Å². The van der Waals surface area contributed by atoms with Crippen LogP contribution in [0.2, 0.25) is 0 Å². The van der Waals surface area contributed by atoms with E-state index in [-0.39, 0.29) is 87.1 Å². The van der Waals surface area contributed by atoms with E-state index >= 15 is 0 Å². The maximum atomic E-state index is 13.9. The van der Waals surface area contributed by atoms with E-state index < -0.39 is 78.1 Å². The molecule has 7 atom stereocenters. The molecule has 134 heavy (non-hydrogen) atoms. The largest absolute Gasteiger partial charge is 0.744 e. The molecule has 19 nitrogen and oxygen atoms in total. The highest BCUT2D eigenvalue weighted by atomic mass is 32.2. The monoisotopic (exact) mass is 1900 g/mol. The van der Waals surface area contributed by atoms with Crippen LogP contribution in [0.25, 0.3) is 10.8 Å². The Morgan fingerprint density at radius 1 is 0.500 bits per heavy atom. The number of esters is 3. The quantitative estimate of drug-likeness (QED) is 0.00822. The van der Waals surface area contributed by atoms with Gasteiger partial charge in [-0.15, -0.1) is 0 Å². The highest BCUT2D eigenvalue weighted by Crippen LogP contribution is 2.61. The molecule has 14 rings (SSSR count). The fourth-order valence-corrected chi connectivity index (χ4v) is 18.0. The molecule has 734 valence electrons. The van der Waals surface area contributed by atoms with E-state index in [1.807, 2.05) is 156 Å². The Balaban J connectivity index is 0.000000215. The Labute approximate surface area is 796 Å². The average Bonchev–Trinajstić information content (AvgIpc) is 0.732. The van der Waals surface area contributed by atoms with Crippen LogP contribution in [0.15, 0.2) is 208 Å². The van der Waals surface area contributed by atoms with Crippen molar-refractivity contribution in [3.05, 3.63) is 228 Å². The van der Waals surface area contributed by atoms with Gasteiger partial charge in [-0.2, -0.15) is 8.78 Å². The van der Waals surface area contributed by atoms with Crippen molar-refractivity contribution >= 4 is 49.7 Å². The fraction of sp³-hybridized carbons (Fsp3) is 0.495. The van der Waals surface area contributed by atoms with Crippen LogP contribution in [-0.4, -0.2) is 100 Å². The first-order valence-electron chi connectivity index (χ1n) is 46.5. The molecule has 4 fully saturated rings. The van der Waals surface area contributed by atoms with Crippen molar-refractivity contribution < 1.29 is 108 Å². The lowest BCUT2D eigenvalue weighted by molar-refractivity contribution is -0.264. The molecule has 0 saturated heterocycles. The SMILES string of the molecule is CCC(C)(C)C(=O)OC(C)(C)C.CCC(C)(C)C(=O)OC12CC3CC(O)(CC(O)(C3)C1)C2.CCC(C)(C)C(=O)Oc1cccc2c(O)cccc12.CCC(C)c1ccc(OC(C)(C)C)c(OC(OC)C(C)C)c1.CCC(C)c1ccc(Oc2c(F)c(F)c(S(=O)(=O)[O-])c(F)c2F)cc1.CCC(C)c1ccc2c(c1)OC(OC(C)C)O2.c1ccc([S+](c2ccccc2)c2ccccc2)cc1. The summed E-state index contributed by atoms with van der Waals surface area (Å²) in [6.45, 7) is 49.2.